The molecule has 2 aliphatic rings. The summed E-state index contributed by atoms with van der Waals surface area (Å²) in [7, 11) is 0. The molecule has 2 aromatic heterocycles. The van der Waals surface area contributed by atoms with Crippen molar-refractivity contribution in [2.75, 3.05) is 13.1 Å². The van der Waals surface area contributed by atoms with E-state index < -0.39 is 0 Å². The Kier molecular flexibility index (Phi) is 3.59. The smallest absolute Gasteiger partial charge is 0.109 e. The van der Waals surface area contributed by atoms with Gasteiger partial charge in [0.2, 0.25) is 0 Å². The van der Waals surface area contributed by atoms with E-state index in [1.807, 2.05) is 6.20 Å². The number of halogens is 1. The molecule has 0 amide bonds. The van der Waals surface area contributed by atoms with Crippen molar-refractivity contribution >= 4 is 15.9 Å². The fraction of sp³-hybridized carbons (Fsp3) is 0.600. The van der Waals surface area contributed by atoms with Crippen LogP contribution in [0.3, 0.4) is 0 Å². The van der Waals surface area contributed by atoms with Crippen LogP contribution in [-0.2, 0) is 19.5 Å². The zero-order chi connectivity index (χ0) is 14.2. The van der Waals surface area contributed by atoms with Crippen molar-refractivity contribution in [1.82, 2.24) is 24.2 Å². The van der Waals surface area contributed by atoms with Crippen LogP contribution < -0.4 is 0 Å². The zero-order valence-electron chi connectivity index (χ0n) is 12.1. The van der Waals surface area contributed by atoms with E-state index in [0.717, 1.165) is 37.1 Å². The normalized spacial score (nSPS) is 22.6. The van der Waals surface area contributed by atoms with Gasteiger partial charge in [-0.05, 0) is 35.2 Å². The molecule has 6 heteroatoms. The Morgan fingerprint density at radius 1 is 1.24 bits per heavy atom. The highest BCUT2D eigenvalue weighted by Crippen LogP contribution is 2.24. The van der Waals surface area contributed by atoms with E-state index in [0.29, 0.717) is 6.04 Å². The predicted octanol–water partition coefficient (Wildman–Crippen LogP) is 2.63. The Bertz CT molecular complexity index is 608. The minimum atomic E-state index is 0.494. The van der Waals surface area contributed by atoms with Crippen molar-refractivity contribution in [3.05, 3.63) is 34.6 Å². The van der Waals surface area contributed by atoms with Gasteiger partial charge in [-0.3, -0.25) is 9.58 Å². The average Bonchev–Trinajstić information content (AvgIpc) is 3.17. The van der Waals surface area contributed by atoms with Crippen molar-refractivity contribution in [3.8, 4) is 0 Å². The molecular formula is C15H20BrN5. The van der Waals surface area contributed by atoms with Gasteiger partial charge in [-0.2, -0.15) is 5.10 Å². The maximum atomic E-state index is 4.81. The van der Waals surface area contributed by atoms with Crippen molar-refractivity contribution in [2.24, 2.45) is 0 Å². The number of rotatable bonds is 3. The molecule has 2 aliphatic heterocycles. The molecule has 4 rings (SSSR count). The Labute approximate surface area is 133 Å². The minimum Gasteiger partial charge on any atom is -0.335 e. The van der Waals surface area contributed by atoms with E-state index in [2.05, 4.69) is 47.6 Å². The maximum Gasteiger partial charge on any atom is 0.109 e. The topological polar surface area (TPSA) is 38.9 Å². The first-order valence-corrected chi connectivity index (χ1v) is 8.54. The van der Waals surface area contributed by atoms with Crippen LogP contribution in [0.2, 0.25) is 0 Å². The van der Waals surface area contributed by atoms with Crippen molar-refractivity contribution in [1.29, 1.82) is 0 Å². The number of aryl methyl sites for hydroxylation is 2. The summed E-state index contributed by atoms with van der Waals surface area (Å²) < 4.78 is 5.49. The van der Waals surface area contributed by atoms with Crippen LogP contribution in [0.15, 0.2) is 23.1 Å². The molecule has 21 heavy (non-hydrogen) atoms. The first kappa shape index (κ1) is 13.5. The number of hydrogen-bond donors (Lipinski definition) is 0. The molecule has 0 aromatic carbocycles. The van der Waals surface area contributed by atoms with Crippen LogP contribution in [0.25, 0.3) is 0 Å². The highest BCUT2D eigenvalue weighted by Gasteiger charge is 2.25. The number of aromatic nitrogens is 4. The van der Waals surface area contributed by atoms with Gasteiger partial charge in [0.05, 0.1) is 22.4 Å². The van der Waals surface area contributed by atoms with E-state index in [4.69, 9.17) is 4.98 Å². The quantitative estimate of drug-likeness (QED) is 0.854. The van der Waals surface area contributed by atoms with Gasteiger partial charge in [-0.1, -0.05) is 0 Å². The number of likely N-dealkylation sites (tertiary alicyclic amines) is 1. The van der Waals surface area contributed by atoms with Crippen LogP contribution in [-0.4, -0.2) is 37.3 Å². The largest absolute Gasteiger partial charge is 0.335 e. The summed E-state index contributed by atoms with van der Waals surface area (Å²) in [5, 5.41) is 4.42. The van der Waals surface area contributed by atoms with Gasteiger partial charge in [0, 0.05) is 45.0 Å². The molecule has 5 nitrogen and oxygen atoms in total. The Morgan fingerprint density at radius 2 is 2.19 bits per heavy atom. The lowest BCUT2D eigenvalue weighted by Gasteiger charge is -2.14. The Balaban J connectivity index is 1.41. The lowest BCUT2D eigenvalue weighted by Crippen LogP contribution is -2.21. The van der Waals surface area contributed by atoms with Gasteiger partial charge in [0.1, 0.15) is 5.82 Å². The summed E-state index contributed by atoms with van der Waals surface area (Å²) in [6.07, 6.45) is 11.1. The van der Waals surface area contributed by atoms with Crippen LogP contribution in [0.5, 0.6) is 0 Å². The molecule has 4 heterocycles. The van der Waals surface area contributed by atoms with Crippen LogP contribution in [0.4, 0.5) is 0 Å². The van der Waals surface area contributed by atoms with Crippen molar-refractivity contribution < 1.29 is 0 Å². The second-order valence-corrected chi connectivity index (χ2v) is 7.03. The molecule has 0 aliphatic carbocycles. The summed E-state index contributed by atoms with van der Waals surface area (Å²) in [4.78, 5) is 7.30. The highest BCUT2D eigenvalue weighted by atomic mass is 79.9. The minimum absolute atomic E-state index is 0.494. The standard InChI is InChI=1S/C15H20BrN5/c16-12-7-17-21(8-12)14-4-6-19(11-14)9-13-10-20-5-2-1-3-15(20)18-13/h7-8,10,14H,1-6,9,11H2. The molecule has 2 aromatic rings. The maximum absolute atomic E-state index is 4.81. The van der Waals surface area contributed by atoms with Gasteiger partial charge < -0.3 is 4.57 Å². The lowest BCUT2D eigenvalue weighted by atomic mass is 10.2. The van der Waals surface area contributed by atoms with E-state index in [9.17, 15) is 0 Å². The van der Waals surface area contributed by atoms with Gasteiger partial charge in [-0.25, -0.2) is 4.98 Å². The first-order valence-electron chi connectivity index (χ1n) is 7.75. The van der Waals surface area contributed by atoms with Gasteiger partial charge in [0.25, 0.3) is 0 Å². The number of hydrogen-bond acceptors (Lipinski definition) is 3. The average molecular weight is 350 g/mol. The van der Waals surface area contributed by atoms with Gasteiger partial charge in [-0.15, -0.1) is 0 Å². The van der Waals surface area contributed by atoms with E-state index >= 15 is 0 Å². The summed E-state index contributed by atoms with van der Waals surface area (Å²) in [6, 6.07) is 0.494. The van der Waals surface area contributed by atoms with Gasteiger partial charge >= 0.3 is 0 Å². The summed E-state index contributed by atoms with van der Waals surface area (Å²) in [5.41, 5.74) is 1.23. The molecule has 1 unspecified atom stereocenters. The molecular weight excluding hydrogens is 330 g/mol. The third-order valence-electron chi connectivity index (χ3n) is 4.54. The molecule has 112 valence electrons. The highest BCUT2D eigenvalue weighted by molar-refractivity contribution is 9.10. The third-order valence-corrected chi connectivity index (χ3v) is 4.95. The molecule has 0 bridgehead atoms. The second kappa shape index (κ2) is 5.57. The summed E-state index contributed by atoms with van der Waals surface area (Å²) >= 11 is 3.47. The SMILES string of the molecule is Brc1cnn(C2CCN(Cc3cn4c(n3)CCCC4)C2)c1. The molecule has 1 saturated heterocycles. The number of imidazole rings is 1. The molecule has 1 fully saturated rings. The molecule has 0 saturated carbocycles. The molecule has 0 spiro atoms. The van der Waals surface area contributed by atoms with Crippen LogP contribution >= 0.6 is 15.9 Å². The molecule has 0 N–H and O–H groups in total. The second-order valence-electron chi connectivity index (χ2n) is 6.12. The summed E-state index contributed by atoms with van der Waals surface area (Å²) in [5.74, 6) is 1.28. The Morgan fingerprint density at radius 3 is 3.00 bits per heavy atom. The fourth-order valence-corrected chi connectivity index (χ4v) is 3.76. The van der Waals surface area contributed by atoms with Crippen molar-refractivity contribution in [3.63, 3.8) is 0 Å². The van der Waals surface area contributed by atoms with Crippen LogP contribution in [0, 0.1) is 0 Å². The van der Waals surface area contributed by atoms with Crippen LogP contribution in [0.1, 0.15) is 36.8 Å². The zero-order valence-corrected chi connectivity index (χ0v) is 13.7. The molecule has 1 atom stereocenters. The van der Waals surface area contributed by atoms with E-state index in [1.165, 1.54) is 30.8 Å². The number of fused-ring (bicyclic) bond motifs is 1. The third kappa shape index (κ3) is 2.79. The Hall–Kier alpha value is -1.14. The van der Waals surface area contributed by atoms with Crippen molar-refractivity contribution in [2.45, 2.75) is 44.8 Å². The van der Waals surface area contributed by atoms with Gasteiger partial charge in [0.15, 0.2) is 0 Å². The first-order chi connectivity index (χ1) is 10.3. The van der Waals surface area contributed by atoms with E-state index in [1.54, 1.807) is 0 Å². The van der Waals surface area contributed by atoms with E-state index in [-0.39, 0.29) is 0 Å². The summed E-state index contributed by atoms with van der Waals surface area (Å²) in [6.45, 7) is 4.31. The predicted molar refractivity (Wildman–Crippen MR) is 84.0 cm³/mol. The monoisotopic (exact) mass is 349 g/mol. The number of nitrogens with zero attached hydrogens (tertiary/aromatic N) is 5. The fourth-order valence-electron chi connectivity index (χ4n) is 3.46. The lowest BCUT2D eigenvalue weighted by molar-refractivity contribution is 0.308. The molecule has 0 radical (unpaired) electrons.